The molecule has 0 bridgehead atoms. The Balaban J connectivity index is 1.76. The number of nitrogens with zero attached hydrogens (tertiary/aromatic N) is 4. The third-order valence-corrected chi connectivity index (χ3v) is 3.03. The van der Waals surface area contributed by atoms with Crippen molar-refractivity contribution in [2.24, 2.45) is 5.29 Å². The second-order valence-electron chi connectivity index (χ2n) is 4.32. The van der Waals surface area contributed by atoms with E-state index in [0.29, 0.717) is 13.1 Å². The van der Waals surface area contributed by atoms with Gasteiger partial charge in [-0.1, -0.05) is 30.3 Å². The summed E-state index contributed by atoms with van der Waals surface area (Å²) in [5.41, 5.74) is 0.912. The molecule has 1 aromatic rings. The number of nitroso groups, excluding NO2 is 1. The summed E-state index contributed by atoms with van der Waals surface area (Å²) in [6.07, 6.45) is -0.426. The van der Waals surface area contributed by atoms with E-state index in [2.05, 4.69) is 5.29 Å². The summed E-state index contributed by atoms with van der Waals surface area (Å²) in [5, 5.41) is 14.5. The molecule has 0 aromatic heterocycles. The molecule has 0 aliphatic carbocycles. The Labute approximate surface area is 116 Å². The molecular formula is C12H15N4O4-. The van der Waals surface area contributed by atoms with E-state index in [9.17, 15) is 14.9 Å². The summed E-state index contributed by atoms with van der Waals surface area (Å²) >= 11 is 0. The van der Waals surface area contributed by atoms with Crippen molar-refractivity contribution in [2.75, 3.05) is 26.2 Å². The molecule has 108 valence electrons. The largest absolute Gasteiger partial charge is 0.724 e. The molecule has 2 rings (SSSR count). The lowest BCUT2D eigenvalue weighted by Crippen LogP contribution is -2.52. The summed E-state index contributed by atoms with van der Waals surface area (Å²) < 4.78 is 5.18. The van der Waals surface area contributed by atoms with Crippen LogP contribution in [0.25, 0.3) is 0 Å². The maximum atomic E-state index is 11.8. The zero-order chi connectivity index (χ0) is 14.4. The van der Waals surface area contributed by atoms with Gasteiger partial charge in [0.25, 0.3) is 0 Å². The second kappa shape index (κ2) is 6.83. The van der Waals surface area contributed by atoms with E-state index in [4.69, 9.17) is 4.74 Å². The summed E-state index contributed by atoms with van der Waals surface area (Å²) in [5.74, 6) is 0. The van der Waals surface area contributed by atoms with Gasteiger partial charge in [0.1, 0.15) is 6.61 Å². The fourth-order valence-corrected chi connectivity index (χ4v) is 1.91. The van der Waals surface area contributed by atoms with E-state index in [0.717, 1.165) is 5.56 Å². The number of hydrogen-bond donors (Lipinski definition) is 0. The van der Waals surface area contributed by atoms with Gasteiger partial charge in [-0.3, -0.25) is 5.28 Å². The fourth-order valence-electron chi connectivity index (χ4n) is 1.91. The summed E-state index contributed by atoms with van der Waals surface area (Å²) in [6.45, 7) is 1.37. The Morgan fingerprint density at radius 1 is 1.25 bits per heavy atom. The molecule has 0 unspecified atom stereocenters. The molecule has 8 nitrogen and oxygen atoms in total. The molecule has 1 aliphatic heterocycles. The monoisotopic (exact) mass is 279 g/mol. The Bertz CT molecular complexity index is 448. The molecule has 1 aliphatic rings. The van der Waals surface area contributed by atoms with Crippen LogP contribution in [0.4, 0.5) is 4.79 Å². The van der Waals surface area contributed by atoms with Crippen LogP contribution in [0.2, 0.25) is 0 Å². The van der Waals surface area contributed by atoms with Gasteiger partial charge >= 0.3 is 6.09 Å². The number of benzene rings is 1. The van der Waals surface area contributed by atoms with Crippen LogP contribution in [0.15, 0.2) is 35.6 Å². The van der Waals surface area contributed by atoms with Crippen LogP contribution in [0.1, 0.15) is 5.56 Å². The predicted octanol–water partition coefficient (Wildman–Crippen LogP) is 1.34. The highest BCUT2D eigenvalue weighted by Gasteiger charge is 2.23. The van der Waals surface area contributed by atoms with Crippen LogP contribution in [0, 0.1) is 10.1 Å². The van der Waals surface area contributed by atoms with Gasteiger partial charge in [-0.25, -0.2) is 9.80 Å². The summed E-state index contributed by atoms with van der Waals surface area (Å²) in [4.78, 5) is 23.4. The molecule has 1 saturated heterocycles. The van der Waals surface area contributed by atoms with Crippen LogP contribution in [-0.4, -0.2) is 47.5 Å². The SMILES string of the molecule is O=NN([O-])N1CCN(C(=O)OCc2ccccc2)CC1. The highest BCUT2D eigenvalue weighted by Crippen LogP contribution is 2.08. The number of amides is 1. The molecule has 0 atom stereocenters. The van der Waals surface area contributed by atoms with Crippen LogP contribution in [-0.2, 0) is 11.3 Å². The van der Waals surface area contributed by atoms with E-state index in [-0.39, 0.29) is 25.0 Å². The number of carbonyl (C=O) groups is 1. The quantitative estimate of drug-likeness (QED) is 0.610. The molecule has 1 fully saturated rings. The van der Waals surface area contributed by atoms with E-state index < -0.39 is 6.09 Å². The zero-order valence-electron chi connectivity index (χ0n) is 10.8. The molecule has 0 radical (unpaired) electrons. The fraction of sp³-hybridized carbons (Fsp3) is 0.417. The topological polar surface area (TPSA) is 88.5 Å². The average molecular weight is 279 g/mol. The van der Waals surface area contributed by atoms with E-state index >= 15 is 0 Å². The van der Waals surface area contributed by atoms with Crippen molar-refractivity contribution in [1.82, 2.24) is 15.2 Å². The maximum absolute atomic E-state index is 11.8. The van der Waals surface area contributed by atoms with Gasteiger partial charge in [0.15, 0.2) is 0 Å². The van der Waals surface area contributed by atoms with E-state index in [1.54, 1.807) is 0 Å². The number of rotatable bonds is 4. The van der Waals surface area contributed by atoms with Crippen LogP contribution >= 0.6 is 0 Å². The van der Waals surface area contributed by atoms with Gasteiger partial charge in [0.2, 0.25) is 0 Å². The number of piperazine rings is 1. The smallest absolute Gasteiger partial charge is 0.410 e. The number of ether oxygens (including phenoxy) is 1. The molecule has 20 heavy (non-hydrogen) atoms. The third-order valence-electron chi connectivity index (χ3n) is 3.03. The molecule has 0 N–H and O–H groups in total. The molecular weight excluding hydrogens is 264 g/mol. The van der Waals surface area contributed by atoms with Crippen molar-refractivity contribution in [3.8, 4) is 0 Å². The van der Waals surface area contributed by atoms with Crippen molar-refractivity contribution in [3.63, 3.8) is 0 Å². The Kier molecular flexibility index (Phi) is 4.85. The average Bonchev–Trinajstić information content (AvgIpc) is 2.53. The lowest BCUT2D eigenvalue weighted by atomic mass is 10.2. The lowest BCUT2D eigenvalue weighted by molar-refractivity contribution is -0.0212. The molecule has 0 spiro atoms. The molecule has 8 heteroatoms. The predicted molar refractivity (Wildman–Crippen MR) is 70.8 cm³/mol. The second-order valence-corrected chi connectivity index (χ2v) is 4.32. The minimum absolute atomic E-state index is 0.00659. The van der Waals surface area contributed by atoms with Crippen LogP contribution in [0.3, 0.4) is 0 Å². The maximum Gasteiger partial charge on any atom is 0.410 e. The van der Waals surface area contributed by atoms with Crippen molar-refractivity contribution in [1.29, 1.82) is 0 Å². The van der Waals surface area contributed by atoms with Gasteiger partial charge in [0.05, 0.1) is 5.29 Å². The Morgan fingerprint density at radius 2 is 1.90 bits per heavy atom. The first kappa shape index (κ1) is 14.2. The number of hydrazine groups is 1. The molecule has 1 amide bonds. The first-order valence-corrected chi connectivity index (χ1v) is 6.21. The zero-order valence-corrected chi connectivity index (χ0v) is 10.8. The first-order chi connectivity index (χ1) is 9.70. The third kappa shape index (κ3) is 3.65. The van der Waals surface area contributed by atoms with Crippen molar-refractivity contribution < 1.29 is 9.53 Å². The molecule has 1 heterocycles. The molecule has 1 aromatic carbocycles. The number of carbonyl (C=O) groups excluding carboxylic acids is 1. The van der Waals surface area contributed by atoms with E-state index in [1.165, 1.54) is 9.91 Å². The minimum atomic E-state index is -0.426. The van der Waals surface area contributed by atoms with Gasteiger partial charge in [0, 0.05) is 26.2 Å². The Hall–Kier alpha value is -2.19. The van der Waals surface area contributed by atoms with Crippen LogP contribution in [0.5, 0.6) is 0 Å². The lowest BCUT2D eigenvalue weighted by Gasteiger charge is -2.40. The number of hydrogen-bond acceptors (Lipinski definition) is 6. The van der Waals surface area contributed by atoms with E-state index in [1.807, 2.05) is 30.3 Å². The summed E-state index contributed by atoms with van der Waals surface area (Å²) in [6, 6.07) is 9.38. The van der Waals surface area contributed by atoms with Crippen molar-refractivity contribution >= 4 is 6.09 Å². The van der Waals surface area contributed by atoms with Gasteiger partial charge < -0.3 is 14.8 Å². The van der Waals surface area contributed by atoms with Gasteiger partial charge in [-0.2, -0.15) is 0 Å². The van der Waals surface area contributed by atoms with Gasteiger partial charge in [-0.05, 0) is 5.56 Å². The van der Waals surface area contributed by atoms with Gasteiger partial charge in [-0.15, -0.1) is 4.91 Å². The van der Waals surface area contributed by atoms with Crippen molar-refractivity contribution in [3.05, 3.63) is 46.0 Å². The minimum Gasteiger partial charge on any atom is -0.724 e. The Morgan fingerprint density at radius 3 is 2.50 bits per heavy atom. The van der Waals surface area contributed by atoms with Crippen LogP contribution < -0.4 is 0 Å². The normalized spacial score (nSPS) is 15.8. The standard InChI is InChI=1S/C12H15N4O4/c17-12(20-10-11-4-2-1-3-5-11)14-6-8-15(9-7-14)16(19)13-18/h1-5H,6-10H2/q-1. The van der Waals surface area contributed by atoms with Crippen molar-refractivity contribution in [2.45, 2.75) is 6.61 Å². The highest BCUT2D eigenvalue weighted by atomic mass is 16.6. The first-order valence-electron chi connectivity index (χ1n) is 6.21. The summed E-state index contributed by atoms with van der Waals surface area (Å²) in [7, 11) is 0. The molecule has 0 saturated carbocycles. The highest BCUT2D eigenvalue weighted by molar-refractivity contribution is 5.67.